The first-order valence-electron chi connectivity index (χ1n) is 8.02. The van der Waals surface area contributed by atoms with Gasteiger partial charge in [0, 0.05) is 17.3 Å². The van der Waals surface area contributed by atoms with Crippen molar-refractivity contribution in [3.8, 4) is 0 Å². The summed E-state index contributed by atoms with van der Waals surface area (Å²) in [7, 11) is 0. The van der Waals surface area contributed by atoms with Gasteiger partial charge in [0.25, 0.3) is 5.91 Å². The lowest BCUT2D eigenvalue weighted by molar-refractivity contribution is 0.0737. The molecular weight excluding hydrogens is 320 g/mol. The van der Waals surface area contributed by atoms with E-state index < -0.39 is 0 Å². The number of carbonyl (C=O) groups is 1. The number of amides is 1. The van der Waals surface area contributed by atoms with E-state index in [9.17, 15) is 4.79 Å². The van der Waals surface area contributed by atoms with Crippen molar-refractivity contribution in [1.82, 2.24) is 14.9 Å². The first-order valence-corrected chi connectivity index (χ1v) is 8.84. The Balaban J connectivity index is 1.67. The number of benzene rings is 1. The molecule has 2 aromatic heterocycles. The molecule has 1 fully saturated rings. The molecule has 0 bridgehead atoms. The number of carbonyl (C=O) groups excluding carboxylic acids is 1. The van der Waals surface area contributed by atoms with Gasteiger partial charge in [0.05, 0.1) is 16.6 Å². The second-order valence-corrected chi connectivity index (χ2v) is 7.15. The van der Waals surface area contributed by atoms with E-state index in [2.05, 4.69) is 9.97 Å². The number of aromatic nitrogens is 2. The van der Waals surface area contributed by atoms with E-state index in [0.29, 0.717) is 11.6 Å². The van der Waals surface area contributed by atoms with Crippen molar-refractivity contribution >= 4 is 33.1 Å². The minimum atomic E-state index is -0.0216. The highest BCUT2D eigenvalue weighted by atomic mass is 32.1. The van der Waals surface area contributed by atoms with Gasteiger partial charge in [-0.25, -0.2) is 9.97 Å². The van der Waals surface area contributed by atoms with Crippen molar-refractivity contribution in [1.29, 1.82) is 0 Å². The quantitative estimate of drug-likeness (QED) is 0.775. The average Bonchev–Trinajstić information content (AvgIpc) is 3.20. The van der Waals surface area contributed by atoms with Gasteiger partial charge in [-0.15, -0.1) is 11.3 Å². The molecule has 0 saturated carbocycles. The van der Waals surface area contributed by atoms with Crippen molar-refractivity contribution in [2.24, 2.45) is 0 Å². The van der Waals surface area contributed by atoms with Gasteiger partial charge in [-0.2, -0.15) is 0 Å². The number of hydrogen-bond acceptors (Lipinski definition) is 5. The normalized spacial score (nSPS) is 17.5. The largest absolute Gasteiger partial charge is 0.384 e. The molecule has 2 N–H and O–H groups in total. The Kier molecular flexibility index (Phi) is 3.69. The average molecular weight is 338 g/mol. The van der Waals surface area contributed by atoms with Gasteiger partial charge in [-0.3, -0.25) is 4.79 Å². The number of anilines is 1. The van der Waals surface area contributed by atoms with E-state index in [1.54, 1.807) is 17.4 Å². The summed E-state index contributed by atoms with van der Waals surface area (Å²) >= 11 is 1.55. The molecule has 3 heterocycles. The number of likely N-dealkylation sites (tertiary alicyclic amines) is 1. The lowest BCUT2D eigenvalue weighted by atomic mass is 10.1. The SMILES string of the molecule is Cc1nc(N)cc(C2CCCN2C(=O)c2cc3ccccc3s2)n1. The highest BCUT2D eigenvalue weighted by Gasteiger charge is 2.32. The summed E-state index contributed by atoms with van der Waals surface area (Å²) in [5.74, 6) is 1.18. The first kappa shape index (κ1) is 15.1. The molecule has 5 nitrogen and oxygen atoms in total. The van der Waals surface area contributed by atoms with Crippen LogP contribution >= 0.6 is 11.3 Å². The van der Waals surface area contributed by atoms with Gasteiger partial charge in [0.1, 0.15) is 11.6 Å². The van der Waals surface area contributed by atoms with Gasteiger partial charge in [0.15, 0.2) is 0 Å². The molecule has 4 rings (SSSR count). The summed E-state index contributed by atoms with van der Waals surface area (Å²) in [6, 6.07) is 11.8. The van der Waals surface area contributed by atoms with Crippen LogP contribution in [0.1, 0.15) is 40.1 Å². The van der Waals surface area contributed by atoms with E-state index in [-0.39, 0.29) is 11.9 Å². The molecule has 1 unspecified atom stereocenters. The number of nitrogen functional groups attached to an aromatic ring is 1. The molecule has 122 valence electrons. The third kappa shape index (κ3) is 2.63. The Morgan fingerprint density at radius 1 is 1.29 bits per heavy atom. The van der Waals surface area contributed by atoms with E-state index in [0.717, 1.165) is 40.0 Å². The van der Waals surface area contributed by atoms with Crippen LogP contribution in [0.15, 0.2) is 36.4 Å². The van der Waals surface area contributed by atoms with Gasteiger partial charge >= 0.3 is 0 Å². The van der Waals surface area contributed by atoms with Gasteiger partial charge < -0.3 is 10.6 Å². The number of rotatable bonds is 2. The van der Waals surface area contributed by atoms with Crippen LogP contribution in [-0.4, -0.2) is 27.3 Å². The Morgan fingerprint density at radius 2 is 2.12 bits per heavy atom. The molecule has 1 aromatic carbocycles. The summed E-state index contributed by atoms with van der Waals surface area (Å²) in [5.41, 5.74) is 6.70. The van der Waals surface area contributed by atoms with Crippen molar-refractivity contribution in [2.45, 2.75) is 25.8 Å². The maximum atomic E-state index is 13.0. The van der Waals surface area contributed by atoms with Crippen molar-refractivity contribution in [2.75, 3.05) is 12.3 Å². The smallest absolute Gasteiger partial charge is 0.264 e. The lowest BCUT2D eigenvalue weighted by Gasteiger charge is -2.24. The third-order valence-electron chi connectivity index (χ3n) is 4.37. The second-order valence-electron chi connectivity index (χ2n) is 6.07. The fourth-order valence-electron chi connectivity index (χ4n) is 3.33. The van der Waals surface area contributed by atoms with E-state index >= 15 is 0 Å². The molecule has 1 saturated heterocycles. The zero-order valence-corrected chi connectivity index (χ0v) is 14.2. The standard InChI is InChI=1S/C18H18N4OS/c1-11-20-13(10-17(19)21-11)14-6-4-8-22(14)18(23)16-9-12-5-2-3-7-15(12)24-16/h2-3,5,7,9-10,14H,4,6,8H2,1H3,(H2,19,20,21). The predicted molar refractivity (Wildman–Crippen MR) is 96.0 cm³/mol. The number of nitrogens with zero attached hydrogens (tertiary/aromatic N) is 3. The molecule has 1 aliphatic rings. The summed E-state index contributed by atoms with van der Waals surface area (Å²) < 4.78 is 1.14. The predicted octanol–water partition coefficient (Wildman–Crippen LogP) is 3.56. The third-order valence-corrected chi connectivity index (χ3v) is 5.47. The molecule has 1 amide bonds. The summed E-state index contributed by atoms with van der Waals surface area (Å²) in [6.07, 6.45) is 1.89. The van der Waals surface area contributed by atoms with Crippen LogP contribution < -0.4 is 5.73 Å². The maximum Gasteiger partial charge on any atom is 0.264 e. The minimum absolute atomic E-state index is 0.0216. The van der Waals surface area contributed by atoms with Crippen molar-refractivity contribution < 1.29 is 4.79 Å². The van der Waals surface area contributed by atoms with Crippen LogP contribution in [0.3, 0.4) is 0 Å². The number of hydrogen-bond donors (Lipinski definition) is 1. The Bertz CT molecular complexity index is 867. The first-order chi connectivity index (χ1) is 11.6. The molecule has 6 heteroatoms. The summed E-state index contributed by atoms with van der Waals surface area (Å²) in [5, 5.41) is 1.11. The number of fused-ring (bicyclic) bond motifs is 1. The van der Waals surface area contributed by atoms with Crippen molar-refractivity contribution in [3.05, 3.63) is 52.8 Å². The zero-order valence-electron chi connectivity index (χ0n) is 13.4. The van der Waals surface area contributed by atoms with Crippen LogP contribution in [0.2, 0.25) is 0 Å². The Morgan fingerprint density at radius 3 is 2.92 bits per heavy atom. The van der Waals surface area contributed by atoms with Crippen LogP contribution in [0, 0.1) is 6.92 Å². The molecular formula is C18H18N4OS. The summed E-state index contributed by atoms with van der Waals surface area (Å²) in [6.45, 7) is 2.58. The van der Waals surface area contributed by atoms with Gasteiger partial charge in [-0.05, 0) is 37.3 Å². The topological polar surface area (TPSA) is 72.1 Å². The lowest BCUT2D eigenvalue weighted by Crippen LogP contribution is -2.30. The van der Waals surface area contributed by atoms with Gasteiger partial charge in [0.2, 0.25) is 0 Å². The van der Waals surface area contributed by atoms with Crippen LogP contribution in [-0.2, 0) is 0 Å². The van der Waals surface area contributed by atoms with Crippen LogP contribution in [0.5, 0.6) is 0 Å². The maximum absolute atomic E-state index is 13.0. The number of aryl methyl sites for hydroxylation is 1. The molecule has 3 aromatic rings. The molecule has 1 atom stereocenters. The fraction of sp³-hybridized carbons (Fsp3) is 0.278. The van der Waals surface area contributed by atoms with E-state index in [1.165, 1.54) is 0 Å². The highest BCUT2D eigenvalue weighted by Crippen LogP contribution is 2.35. The Hall–Kier alpha value is -2.47. The number of thiophene rings is 1. The van der Waals surface area contributed by atoms with E-state index in [4.69, 9.17) is 5.73 Å². The summed E-state index contributed by atoms with van der Waals surface area (Å²) in [4.78, 5) is 24.4. The number of nitrogens with two attached hydrogens (primary N) is 1. The fourth-order valence-corrected chi connectivity index (χ4v) is 4.35. The minimum Gasteiger partial charge on any atom is -0.384 e. The molecule has 0 spiro atoms. The highest BCUT2D eigenvalue weighted by molar-refractivity contribution is 7.20. The second kappa shape index (κ2) is 5.87. The Labute approximate surface area is 144 Å². The van der Waals surface area contributed by atoms with Gasteiger partial charge in [-0.1, -0.05) is 18.2 Å². The molecule has 24 heavy (non-hydrogen) atoms. The van der Waals surface area contributed by atoms with E-state index in [1.807, 2.05) is 42.2 Å². The zero-order chi connectivity index (χ0) is 16.7. The molecule has 0 radical (unpaired) electrons. The van der Waals surface area contributed by atoms with Crippen LogP contribution in [0.25, 0.3) is 10.1 Å². The molecule has 0 aliphatic carbocycles. The van der Waals surface area contributed by atoms with Crippen molar-refractivity contribution in [3.63, 3.8) is 0 Å². The monoisotopic (exact) mass is 338 g/mol. The molecule has 1 aliphatic heterocycles. The van der Waals surface area contributed by atoms with Crippen LogP contribution in [0.4, 0.5) is 5.82 Å².